The summed E-state index contributed by atoms with van der Waals surface area (Å²) in [5.74, 6) is -0.287. The third-order valence-electron chi connectivity index (χ3n) is 5.36. The van der Waals surface area contributed by atoms with Gasteiger partial charge in [-0.05, 0) is 24.3 Å². The number of para-hydroxylation sites is 1. The maximum absolute atomic E-state index is 13.0. The molecule has 4 rings (SSSR count). The Hall–Kier alpha value is -3.36. The zero-order valence-electron chi connectivity index (χ0n) is 17.3. The van der Waals surface area contributed by atoms with E-state index in [4.69, 9.17) is 9.72 Å². The number of hydrogen-bond donors (Lipinski definition) is 1. The smallest absolute Gasteiger partial charge is 0.254 e. The van der Waals surface area contributed by atoms with Crippen LogP contribution >= 0.6 is 0 Å². The van der Waals surface area contributed by atoms with Crippen molar-refractivity contribution in [2.24, 2.45) is 0 Å². The van der Waals surface area contributed by atoms with Crippen LogP contribution in [0.2, 0.25) is 0 Å². The highest BCUT2D eigenvalue weighted by molar-refractivity contribution is 6.06. The van der Waals surface area contributed by atoms with Gasteiger partial charge in [0.2, 0.25) is 0 Å². The van der Waals surface area contributed by atoms with Crippen LogP contribution in [0.1, 0.15) is 32.5 Å². The number of carbonyl (C=O) groups excluding carboxylic acids is 2. The Balaban J connectivity index is 1.66. The molecule has 8 nitrogen and oxygen atoms in total. The summed E-state index contributed by atoms with van der Waals surface area (Å²) in [4.78, 5) is 37.8. The van der Waals surface area contributed by atoms with Gasteiger partial charge in [0, 0.05) is 43.5 Å². The number of hydrogen-bond acceptors (Lipinski definition) is 6. The highest BCUT2D eigenvalue weighted by atomic mass is 16.5. The fraction of sp³-hybridized carbons (Fsp3) is 0.304. The van der Waals surface area contributed by atoms with Gasteiger partial charge in [-0.2, -0.15) is 0 Å². The van der Waals surface area contributed by atoms with Gasteiger partial charge in [-0.1, -0.05) is 18.2 Å². The second-order valence-corrected chi connectivity index (χ2v) is 7.41. The summed E-state index contributed by atoms with van der Waals surface area (Å²) >= 11 is 0. The van der Waals surface area contributed by atoms with Crippen LogP contribution in [-0.2, 0) is 4.74 Å². The fourth-order valence-electron chi connectivity index (χ4n) is 3.68. The maximum atomic E-state index is 13.0. The van der Waals surface area contributed by atoms with Crippen molar-refractivity contribution < 1.29 is 19.4 Å². The average molecular weight is 420 g/mol. The first-order chi connectivity index (χ1) is 15.1. The topological polar surface area (TPSA) is 95.9 Å². The molecule has 0 bridgehead atoms. The van der Waals surface area contributed by atoms with Gasteiger partial charge in [0.1, 0.15) is 6.10 Å². The molecule has 1 aliphatic heterocycles. The molecule has 1 unspecified atom stereocenters. The summed E-state index contributed by atoms with van der Waals surface area (Å²) in [6.07, 6.45) is 2.74. The van der Waals surface area contributed by atoms with Crippen LogP contribution in [0.15, 0.2) is 54.9 Å². The molecule has 0 spiro atoms. The van der Waals surface area contributed by atoms with Crippen molar-refractivity contribution in [2.45, 2.75) is 6.10 Å². The second-order valence-electron chi connectivity index (χ2n) is 7.41. The van der Waals surface area contributed by atoms with Gasteiger partial charge in [-0.15, -0.1) is 0 Å². The molecule has 0 aliphatic carbocycles. The van der Waals surface area contributed by atoms with Gasteiger partial charge in [0.05, 0.1) is 36.5 Å². The quantitative estimate of drug-likeness (QED) is 0.677. The molecular formula is C23H24N4O4. The predicted molar refractivity (Wildman–Crippen MR) is 115 cm³/mol. The lowest BCUT2D eigenvalue weighted by Crippen LogP contribution is -2.42. The summed E-state index contributed by atoms with van der Waals surface area (Å²) in [5, 5.41) is 9.95. The number of benzene rings is 1. The first-order valence-corrected chi connectivity index (χ1v) is 10.2. The van der Waals surface area contributed by atoms with Gasteiger partial charge in [-0.25, -0.2) is 4.98 Å². The van der Waals surface area contributed by atoms with Crippen molar-refractivity contribution in [3.05, 3.63) is 71.7 Å². The molecule has 2 amide bonds. The largest absolute Gasteiger partial charge is 0.395 e. The molecular weight excluding hydrogens is 396 g/mol. The van der Waals surface area contributed by atoms with Crippen molar-refractivity contribution in [3.63, 3.8) is 0 Å². The van der Waals surface area contributed by atoms with Crippen molar-refractivity contribution in [1.82, 2.24) is 19.8 Å². The van der Waals surface area contributed by atoms with Gasteiger partial charge >= 0.3 is 0 Å². The minimum Gasteiger partial charge on any atom is -0.395 e. The Kier molecular flexibility index (Phi) is 6.20. The molecule has 1 saturated heterocycles. The zero-order valence-corrected chi connectivity index (χ0v) is 17.3. The Morgan fingerprint density at radius 2 is 2.00 bits per heavy atom. The number of morpholine rings is 1. The number of rotatable bonds is 5. The summed E-state index contributed by atoms with van der Waals surface area (Å²) in [6, 6.07) is 12.6. The number of aliphatic hydroxyl groups excluding tert-OH is 1. The second kappa shape index (κ2) is 9.20. The predicted octanol–water partition coefficient (Wildman–Crippen LogP) is 1.91. The van der Waals surface area contributed by atoms with Gasteiger partial charge < -0.3 is 19.6 Å². The minimum absolute atomic E-state index is 0.0875. The molecule has 160 valence electrons. The number of fused-ring (bicyclic) bond motifs is 1. The monoisotopic (exact) mass is 420 g/mol. The van der Waals surface area contributed by atoms with E-state index in [0.29, 0.717) is 42.0 Å². The van der Waals surface area contributed by atoms with Crippen LogP contribution in [0, 0.1) is 0 Å². The SMILES string of the molecule is CN(CCO)C(=O)c1cc(C2CN(C(=O)c3ccncc3)CCO2)nc2ccccc12. The first-order valence-electron chi connectivity index (χ1n) is 10.2. The lowest BCUT2D eigenvalue weighted by Gasteiger charge is -2.33. The summed E-state index contributed by atoms with van der Waals surface area (Å²) in [7, 11) is 1.65. The van der Waals surface area contributed by atoms with Crippen molar-refractivity contribution in [2.75, 3.05) is 39.9 Å². The van der Waals surface area contributed by atoms with Crippen LogP contribution in [0.4, 0.5) is 0 Å². The van der Waals surface area contributed by atoms with E-state index in [-0.39, 0.29) is 25.0 Å². The van der Waals surface area contributed by atoms with E-state index in [9.17, 15) is 14.7 Å². The van der Waals surface area contributed by atoms with E-state index >= 15 is 0 Å². The molecule has 0 saturated carbocycles. The summed E-state index contributed by atoms with van der Waals surface area (Å²) in [6.45, 7) is 1.32. The number of carbonyl (C=O) groups is 2. The first kappa shape index (κ1) is 20.9. The Morgan fingerprint density at radius 1 is 1.23 bits per heavy atom. The molecule has 8 heteroatoms. The van der Waals surface area contributed by atoms with E-state index in [2.05, 4.69) is 4.98 Å². The molecule has 31 heavy (non-hydrogen) atoms. The summed E-state index contributed by atoms with van der Waals surface area (Å²) in [5.41, 5.74) is 2.36. The van der Waals surface area contributed by atoms with Crippen molar-refractivity contribution >= 4 is 22.7 Å². The fourth-order valence-corrected chi connectivity index (χ4v) is 3.68. The number of ether oxygens (including phenoxy) is 1. The van der Waals surface area contributed by atoms with E-state index in [1.807, 2.05) is 24.3 Å². The Morgan fingerprint density at radius 3 is 2.77 bits per heavy atom. The van der Waals surface area contributed by atoms with Crippen LogP contribution in [0.3, 0.4) is 0 Å². The van der Waals surface area contributed by atoms with Crippen molar-refractivity contribution in [3.8, 4) is 0 Å². The lowest BCUT2D eigenvalue weighted by molar-refractivity contribution is -0.0246. The number of pyridine rings is 2. The average Bonchev–Trinajstić information content (AvgIpc) is 2.83. The summed E-state index contributed by atoms with van der Waals surface area (Å²) < 4.78 is 5.94. The molecule has 1 N–H and O–H groups in total. The molecule has 3 heterocycles. The molecule has 1 fully saturated rings. The van der Waals surface area contributed by atoms with Gasteiger partial charge in [0.25, 0.3) is 11.8 Å². The third-order valence-corrected chi connectivity index (χ3v) is 5.36. The van der Waals surface area contributed by atoms with Crippen LogP contribution < -0.4 is 0 Å². The van der Waals surface area contributed by atoms with E-state index in [1.54, 1.807) is 42.5 Å². The van der Waals surface area contributed by atoms with Crippen LogP contribution in [0.25, 0.3) is 10.9 Å². The minimum atomic E-state index is -0.446. The zero-order chi connectivity index (χ0) is 21.8. The molecule has 1 aromatic carbocycles. The van der Waals surface area contributed by atoms with Crippen molar-refractivity contribution in [1.29, 1.82) is 0 Å². The van der Waals surface area contributed by atoms with E-state index < -0.39 is 6.10 Å². The number of aromatic nitrogens is 2. The van der Waals surface area contributed by atoms with E-state index in [1.165, 1.54) is 4.90 Å². The highest BCUT2D eigenvalue weighted by Crippen LogP contribution is 2.27. The van der Waals surface area contributed by atoms with E-state index in [0.717, 1.165) is 5.39 Å². The molecule has 1 atom stereocenters. The Bertz CT molecular complexity index is 1090. The number of amides is 2. The number of likely N-dealkylation sites (N-methyl/N-ethyl adjacent to an activating group) is 1. The molecule has 3 aromatic rings. The van der Waals surface area contributed by atoms with Crippen LogP contribution in [-0.4, -0.2) is 76.6 Å². The third kappa shape index (κ3) is 4.40. The highest BCUT2D eigenvalue weighted by Gasteiger charge is 2.28. The standard InChI is InChI=1S/C23H24N4O4/c1-26(10-12-28)23(30)18-14-20(25-19-5-3-2-4-17(18)19)21-15-27(11-13-31-21)22(29)16-6-8-24-9-7-16/h2-9,14,21,28H,10-13,15H2,1H3. The normalized spacial score (nSPS) is 16.3. The molecule has 0 radical (unpaired) electrons. The molecule has 2 aromatic heterocycles. The lowest BCUT2D eigenvalue weighted by atomic mass is 10.0. The van der Waals surface area contributed by atoms with Crippen LogP contribution in [0.5, 0.6) is 0 Å². The Labute approximate surface area is 180 Å². The number of aliphatic hydroxyl groups is 1. The maximum Gasteiger partial charge on any atom is 0.254 e. The van der Waals surface area contributed by atoms with Gasteiger partial charge in [0.15, 0.2) is 0 Å². The number of nitrogens with zero attached hydrogens (tertiary/aromatic N) is 4. The van der Waals surface area contributed by atoms with Gasteiger partial charge in [-0.3, -0.25) is 14.6 Å². The molecule has 1 aliphatic rings.